The summed E-state index contributed by atoms with van der Waals surface area (Å²) >= 11 is 0. The molecule has 0 bridgehead atoms. The predicted octanol–water partition coefficient (Wildman–Crippen LogP) is 4.79. The Morgan fingerprint density at radius 1 is 0.825 bits per heavy atom. The monoisotopic (exact) mass is 563 g/mol. The lowest BCUT2D eigenvalue weighted by Gasteiger charge is -2.34. The molecule has 0 aromatic heterocycles. The van der Waals surface area contributed by atoms with Crippen LogP contribution in [0.5, 0.6) is 0 Å². The highest BCUT2D eigenvalue weighted by atomic mass is 32.2. The second-order valence-electron chi connectivity index (χ2n) is 10.8. The maximum absolute atomic E-state index is 14.2. The molecule has 2 amide bonds. The van der Waals surface area contributed by atoms with E-state index in [4.69, 9.17) is 0 Å². The molecule has 1 unspecified atom stereocenters. The van der Waals surface area contributed by atoms with Crippen LogP contribution in [-0.4, -0.2) is 50.5 Å². The molecule has 3 rings (SSSR count). The summed E-state index contributed by atoms with van der Waals surface area (Å²) < 4.78 is 27.3. The fourth-order valence-corrected chi connectivity index (χ4v) is 5.69. The molecule has 214 valence electrons. The highest BCUT2D eigenvalue weighted by Gasteiger charge is 2.33. The molecular weight excluding hydrogens is 522 g/mol. The van der Waals surface area contributed by atoms with Gasteiger partial charge in [-0.3, -0.25) is 13.9 Å². The molecule has 0 aliphatic rings. The first kappa shape index (κ1) is 30.9. The topological polar surface area (TPSA) is 86.8 Å². The number of aryl methyl sites for hydroxylation is 3. The summed E-state index contributed by atoms with van der Waals surface area (Å²) in [6.45, 7) is 9.86. The summed E-state index contributed by atoms with van der Waals surface area (Å²) in [6.07, 6.45) is 1.40. The summed E-state index contributed by atoms with van der Waals surface area (Å²) in [5, 5.41) is 3.01. The second kappa shape index (κ2) is 13.6. The van der Waals surface area contributed by atoms with Gasteiger partial charge in [0.15, 0.2) is 0 Å². The Hall–Kier alpha value is -3.65. The molecule has 1 atom stereocenters. The van der Waals surface area contributed by atoms with Gasteiger partial charge in [0.1, 0.15) is 12.6 Å². The van der Waals surface area contributed by atoms with Crippen LogP contribution in [0.3, 0.4) is 0 Å². The molecular formula is C32H41N3O4S. The summed E-state index contributed by atoms with van der Waals surface area (Å²) in [5.41, 5.74) is 4.76. The minimum absolute atomic E-state index is 0.169. The zero-order chi connectivity index (χ0) is 29.4. The van der Waals surface area contributed by atoms with Gasteiger partial charge in [-0.1, -0.05) is 86.6 Å². The molecule has 40 heavy (non-hydrogen) atoms. The molecule has 7 nitrogen and oxygen atoms in total. The van der Waals surface area contributed by atoms with Crippen LogP contribution >= 0.6 is 0 Å². The number of nitrogens with one attached hydrogen (secondary N) is 1. The normalized spacial score (nSPS) is 12.2. The number of sulfonamides is 1. The van der Waals surface area contributed by atoms with E-state index in [1.165, 1.54) is 4.90 Å². The standard InChI is InChI=1S/C32H41N3O4S/c1-23(2)20-33-32(37)29(19-27-16-8-7-9-17-27)34(21-28-18-11-10-13-24(28)3)30(36)22-35(40(6,38)39)31-25(4)14-12-15-26(31)5/h7-18,23,29H,19-22H2,1-6H3,(H,33,37). The highest BCUT2D eigenvalue weighted by Crippen LogP contribution is 2.27. The van der Waals surface area contributed by atoms with Crippen molar-refractivity contribution in [3.8, 4) is 0 Å². The van der Waals surface area contributed by atoms with Gasteiger partial charge in [-0.25, -0.2) is 8.42 Å². The number of anilines is 1. The van der Waals surface area contributed by atoms with Crippen molar-refractivity contribution in [2.75, 3.05) is 23.7 Å². The third kappa shape index (κ3) is 8.18. The maximum Gasteiger partial charge on any atom is 0.244 e. The first-order valence-corrected chi connectivity index (χ1v) is 15.4. The van der Waals surface area contributed by atoms with E-state index >= 15 is 0 Å². The third-order valence-corrected chi connectivity index (χ3v) is 8.04. The van der Waals surface area contributed by atoms with E-state index in [1.54, 1.807) is 0 Å². The van der Waals surface area contributed by atoms with E-state index in [2.05, 4.69) is 5.32 Å². The Balaban J connectivity index is 2.09. The summed E-state index contributed by atoms with van der Waals surface area (Å²) in [6, 6.07) is 22.0. The van der Waals surface area contributed by atoms with E-state index in [0.29, 0.717) is 18.7 Å². The van der Waals surface area contributed by atoms with Crippen LogP contribution in [0.25, 0.3) is 0 Å². The van der Waals surface area contributed by atoms with E-state index in [0.717, 1.165) is 38.4 Å². The van der Waals surface area contributed by atoms with Crippen molar-refractivity contribution < 1.29 is 18.0 Å². The van der Waals surface area contributed by atoms with E-state index < -0.39 is 28.5 Å². The Labute approximate surface area is 239 Å². The first-order chi connectivity index (χ1) is 18.9. The van der Waals surface area contributed by atoms with Crippen molar-refractivity contribution in [3.63, 3.8) is 0 Å². The molecule has 0 fully saturated rings. The van der Waals surface area contributed by atoms with Gasteiger partial charge in [-0.2, -0.15) is 0 Å². The number of hydrogen-bond donors (Lipinski definition) is 1. The maximum atomic E-state index is 14.2. The Morgan fingerprint density at radius 2 is 1.40 bits per heavy atom. The number of carbonyl (C=O) groups excluding carboxylic acids is 2. The number of rotatable bonds is 12. The van der Waals surface area contributed by atoms with Gasteiger partial charge in [0.05, 0.1) is 11.9 Å². The van der Waals surface area contributed by atoms with Crippen molar-refractivity contribution in [1.29, 1.82) is 0 Å². The van der Waals surface area contributed by atoms with Gasteiger partial charge >= 0.3 is 0 Å². The molecule has 0 saturated heterocycles. The molecule has 1 N–H and O–H groups in total. The lowest BCUT2D eigenvalue weighted by Crippen LogP contribution is -2.53. The fraction of sp³-hybridized carbons (Fsp3) is 0.375. The van der Waals surface area contributed by atoms with E-state index in [9.17, 15) is 18.0 Å². The molecule has 0 aliphatic carbocycles. The quantitative estimate of drug-likeness (QED) is 0.343. The van der Waals surface area contributed by atoms with Gasteiger partial charge in [0.25, 0.3) is 0 Å². The fourth-order valence-electron chi connectivity index (χ4n) is 4.72. The average Bonchev–Trinajstić information content (AvgIpc) is 2.89. The number of benzene rings is 3. The first-order valence-electron chi connectivity index (χ1n) is 13.6. The van der Waals surface area contributed by atoms with E-state index in [1.807, 2.05) is 107 Å². The summed E-state index contributed by atoms with van der Waals surface area (Å²) in [7, 11) is -3.81. The number of carbonyl (C=O) groups is 2. The highest BCUT2D eigenvalue weighted by molar-refractivity contribution is 7.92. The average molecular weight is 564 g/mol. The Kier molecular flexibility index (Phi) is 10.5. The van der Waals surface area contributed by atoms with Crippen LogP contribution in [0.4, 0.5) is 5.69 Å². The van der Waals surface area contributed by atoms with Crippen LogP contribution in [0, 0.1) is 26.7 Å². The molecule has 0 saturated carbocycles. The van der Waals surface area contributed by atoms with Gasteiger partial charge in [0.2, 0.25) is 21.8 Å². The molecule has 0 radical (unpaired) electrons. The van der Waals surface area contributed by atoms with Gasteiger partial charge < -0.3 is 10.2 Å². The predicted molar refractivity (Wildman–Crippen MR) is 162 cm³/mol. The lowest BCUT2D eigenvalue weighted by atomic mass is 10.0. The van der Waals surface area contributed by atoms with Crippen molar-refractivity contribution in [2.45, 2.75) is 53.6 Å². The number of hydrogen-bond acceptors (Lipinski definition) is 4. The number of nitrogens with zero attached hydrogens (tertiary/aromatic N) is 2. The lowest BCUT2D eigenvalue weighted by molar-refractivity contribution is -0.140. The Bertz CT molecular complexity index is 1400. The molecule has 0 heterocycles. The number of para-hydroxylation sites is 1. The van der Waals surface area contributed by atoms with Crippen molar-refractivity contribution in [1.82, 2.24) is 10.2 Å². The van der Waals surface area contributed by atoms with Crippen LogP contribution < -0.4 is 9.62 Å². The zero-order valence-corrected chi connectivity index (χ0v) is 25.2. The van der Waals surface area contributed by atoms with Gasteiger partial charge in [0, 0.05) is 19.5 Å². The molecule has 0 spiro atoms. The largest absolute Gasteiger partial charge is 0.354 e. The molecule has 8 heteroatoms. The SMILES string of the molecule is Cc1ccccc1CN(C(=O)CN(c1c(C)cccc1C)S(C)(=O)=O)C(Cc1ccccc1)C(=O)NCC(C)C. The van der Waals surface area contributed by atoms with Crippen LogP contribution in [-0.2, 0) is 32.6 Å². The summed E-state index contributed by atoms with van der Waals surface area (Å²) in [5.74, 6) is -0.485. The van der Waals surface area contributed by atoms with Gasteiger partial charge in [-0.15, -0.1) is 0 Å². The molecule has 3 aromatic rings. The minimum atomic E-state index is -3.81. The van der Waals surface area contributed by atoms with Crippen molar-refractivity contribution in [2.24, 2.45) is 5.92 Å². The van der Waals surface area contributed by atoms with Crippen molar-refractivity contribution >= 4 is 27.5 Å². The van der Waals surface area contributed by atoms with Crippen LogP contribution in [0.15, 0.2) is 72.8 Å². The summed E-state index contributed by atoms with van der Waals surface area (Å²) in [4.78, 5) is 29.5. The smallest absolute Gasteiger partial charge is 0.244 e. The molecule has 3 aromatic carbocycles. The third-order valence-electron chi connectivity index (χ3n) is 6.93. The van der Waals surface area contributed by atoms with Crippen LogP contribution in [0.1, 0.15) is 41.7 Å². The van der Waals surface area contributed by atoms with Gasteiger partial charge in [-0.05, 0) is 54.5 Å². The van der Waals surface area contributed by atoms with E-state index in [-0.39, 0.29) is 18.4 Å². The zero-order valence-electron chi connectivity index (χ0n) is 24.3. The molecule has 0 aliphatic heterocycles. The minimum Gasteiger partial charge on any atom is -0.354 e. The van der Waals surface area contributed by atoms with Crippen LogP contribution in [0.2, 0.25) is 0 Å². The van der Waals surface area contributed by atoms with Crippen molar-refractivity contribution in [3.05, 3.63) is 101 Å². The second-order valence-corrected chi connectivity index (χ2v) is 12.7. The number of amides is 2. The Morgan fingerprint density at radius 3 is 1.98 bits per heavy atom.